The highest BCUT2D eigenvalue weighted by atomic mass is 19.4. The van der Waals surface area contributed by atoms with Crippen LogP contribution in [0.2, 0.25) is 0 Å². The Morgan fingerprint density at radius 3 is 2.26 bits per heavy atom. The number of benzene rings is 2. The molecule has 0 bridgehead atoms. The number of alkyl halides is 3. The summed E-state index contributed by atoms with van der Waals surface area (Å²) >= 11 is 0. The van der Waals surface area contributed by atoms with E-state index in [1.165, 1.54) is 7.11 Å². The highest BCUT2D eigenvalue weighted by Gasteiger charge is 2.31. The third-order valence-electron chi connectivity index (χ3n) is 4.84. The number of hydrogen-bond donors (Lipinski definition) is 1. The van der Waals surface area contributed by atoms with Gasteiger partial charge in [-0.15, -0.1) is 0 Å². The number of methoxy groups -OCH3 is 3. The van der Waals surface area contributed by atoms with Crippen LogP contribution in [-0.4, -0.2) is 50.6 Å². The molecule has 0 saturated carbocycles. The number of ether oxygens (including phenoxy) is 4. The fourth-order valence-corrected chi connectivity index (χ4v) is 3.41. The second-order valence-corrected chi connectivity index (χ2v) is 7.49. The summed E-state index contributed by atoms with van der Waals surface area (Å²) in [5.74, 6) is 0.613. The van der Waals surface area contributed by atoms with E-state index in [1.54, 1.807) is 33.3 Å². The number of nitrogens with one attached hydrogen (secondary N) is 1. The van der Waals surface area contributed by atoms with Gasteiger partial charge in [0.1, 0.15) is 23.6 Å². The molecule has 2 aromatic carbocycles. The van der Waals surface area contributed by atoms with E-state index in [0.29, 0.717) is 40.1 Å². The Kier molecular flexibility index (Phi) is 8.11. The van der Waals surface area contributed by atoms with Gasteiger partial charge in [-0.3, -0.25) is 0 Å². The van der Waals surface area contributed by atoms with Gasteiger partial charge in [-0.2, -0.15) is 13.2 Å². The van der Waals surface area contributed by atoms with Gasteiger partial charge < -0.3 is 24.3 Å². The monoisotopic (exact) mass is 483 g/mol. The van der Waals surface area contributed by atoms with Gasteiger partial charge in [0.25, 0.3) is 0 Å². The Bertz CT molecular complexity index is 1140. The number of hydrogen-bond acceptors (Lipinski definition) is 7. The molecule has 11 heteroatoms. The minimum atomic E-state index is -4.65. The number of halogens is 4. The van der Waals surface area contributed by atoms with Gasteiger partial charge in [0.05, 0.1) is 31.4 Å². The molecule has 0 aliphatic carbocycles. The zero-order chi connectivity index (χ0) is 24.9. The molecule has 0 saturated heterocycles. The highest BCUT2D eigenvalue weighted by molar-refractivity contribution is 5.91. The number of rotatable bonds is 10. The molecule has 184 valence electrons. The number of anilines is 1. The van der Waals surface area contributed by atoms with E-state index >= 15 is 0 Å². The summed E-state index contributed by atoms with van der Waals surface area (Å²) in [6.45, 7) is 2.13. The number of fused-ring (bicyclic) bond motifs is 1. The van der Waals surface area contributed by atoms with Crippen LogP contribution in [0, 0.1) is 12.7 Å². The fourth-order valence-electron chi connectivity index (χ4n) is 3.41. The van der Waals surface area contributed by atoms with Crippen molar-refractivity contribution < 1.29 is 36.5 Å². The minimum absolute atomic E-state index is 0.0927. The van der Waals surface area contributed by atoms with Crippen molar-refractivity contribution in [1.82, 2.24) is 9.97 Å². The van der Waals surface area contributed by atoms with Crippen LogP contribution in [-0.2, 0) is 22.2 Å². The van der Waals surface area contributed by atoms with Crippen LogP contribution in [0.15, 0.2) is 30.3 Å². The third kappa shape index (κ3) is 6.23. The number of aryl methyl sites for hydroxylation is 1. The SMILES string of the molecule is COCC(COC)Oc1cc2c(NCc3cc(F)cc(C(F)(F)F)c3)nc(C)nc2cc1OC. The van der Waals surface area contributed by atoms with Crippen LogP contribution >= 0.6 is 0 Å². The predicted molar refractivity (Wildman–Crippen MR) is 118 cm³/mol. The van der Waals surface area contributed by atoms with Gasteiger partial charge in [0.2, 0.25) is 0 Å². The van der Waals surface area contributed by atoms with E-state index in [0.717, 1.165) is 12.1 Å². The summed E-state index contributed by atoms with van der Waals surface area (Å²) in [5, 5.41) is 3.53. The molecule has 7 nitrogen and oxygen atoms in total. The Morgan fingerprint density at radius 2 is 1.65 bits per heavy atom. The van der Waals surface area contributed by atoms with Crippen molar-refractivity contribution in [2.45, 2.75) is 25.7 Å². The first-order valence-corrected chi connectivity index (χ1v) is 10.3. The van der Waals surface area contributed by atoms with Crippen molar-refractivity contribution in [3.63, 3.8) is 0 Å². The van der Waals surface area contributed by atoms with Crippen LogP contribution in [0.25, 0.3) is 10.9 Å². The highest BCUT2D eigenvalue weighted by Crippen LogP contribution is 2.35. The average molecular weight is 483 g/mol. The third-order valence-corrected chi connectivity index (χ3v) is 4.84. The Labute approximate surface area is 194 Å². The van der Waals surface area contributed by atoms with E-state index in [4.69, 9.17) is 18.9 Å². The zero-order valence-corrected chi connectivity index (χ0v) is 19.1. The summed E-state index contributed by atoms with van der Waals surface area (Å²) in [6, 6.07) is 5.73. The Balaban J connectivity index is 1.97. The lowest BCUT2D eigenvalue weighted by atomic mass is 10.1. The summed E-state index contributed by atoms with van der Waals surface area (Å²) in [5.41, 5.74) is -0.415. The predicted octanol–water partition coefficient (Wildman–Crippen LogP) is 4.76. The topological polar surface area (TPSA) is 74.7 Å². The van der Waals surface area contributed by atoms with E-state index in [1.807, 2.05) is 0 Å². The standard InChI is InChI=1S/C23H25F4N3O4/c1-13-29-19-9-20(33-4)21(34-17(11-31-2)12-32-3)8-18(19)22(30-13)28-10-14-5-15(23(25,26)27)7-16(24)6-14/h5-9,17H,10-12H2,1-4H3,(H,28,29,30). The minimum Gasteiger partial charge on any atom is -0.493 e. The van der Waals surface area contributed by atoms with Crippen molar-refractivity contribution in [2.24, 2.45) is 0 Å². The molecule has 0 aliphatic heterocycles. The molecule has 0 amide bonds. The second-order valence-electron chi connectivity index (χ2n) is 7.49. The Morgan fingerprint density at radius 1 is 0.941 bits per heavy atom. The second kappa shape index (κ2) is 10.8. The van der Waals surface area contributed by atoms with Gasteiger partial charge in [-0.05, 0) is 36.8 Å². The lowest BCUT2D eigenvalue weighted by Gasteiger charge is -2.20. The van der Waals surface area contributed by atoms with Crippen LogP contribution in [0.1, 0.15) is 17.0 Å². The first kappa shape index (κ1) is 25.4. The molecule has 0 atom stereocenters. The van der Waals surface area contributed by atoms with E-state index in [2.05, 4.69) is 15.3 Å². The Hall–Kier alpha value is -3.18. The number of aromatic nitrogens is 2. The normalized spacial score (nSPS) is 11.8. The smallest absolute Gasteiger partial charge is 0.416 e. The summed E-state index contributed by atoms with van der Waals surface area (Å²) in [4.78, 5) is 8.78. The average Bonchev–Trinajstić information content (AvgIpc) is 2.76. The molecule has 3 aromatic rings. The van der Waals surface area contributed by atoms with Gasteiger partial charge in [0.15, 0.2) is 11.5 Å². The maximum absolute atomic E-state index is 13.8. The maximum Gasteiger partial charge on any atom is 0.416 e. The van der Waals surface area contributed by atoms with E-state index in [9.17, 15) is 17.6 Å². The fraction of sp³-hybridized carbons (Fsp3) is 0.391. The van der Waals surface area contributed by atoms with Crippen LogP contribution in [0.4, 0.5) is 23.4 Å². The van der Waals surface area contributed by atoms with E-state index in [-0.39, 0.29) is 25.3 Å². The lowest BCUT2D eigenvalue weighted by molar-refractivity contribution is -0.137. The molecule has 1 N–H and O–H groups in total. The van der Waals surface area contributed by atoms with Crippen LogP contribution in [0.3, 0.4) is 0 Å². The summed E-state index contributed by atoms with van der Waals surface area (Å²) in [6.07, 6.45) is -5.07. The van der Waals surface area contributed by atoms with Crippen molar-refractivity contribution in [1.29, 1.82) is 0 Å². The van der Waals surface area contributed by atoms with Gasteiger partial charge >= 0.3 is 6.18 Å². The molecule has 0 spiro atoms. The number of nitrogens with zero attached hydrogens (tertiary/aromatic N) is 2. The van der Waals surface area contributed by atoms with Crippen molar-refractivity contribution >= 4 is 16.7 Å². The molecule has 1 aromatic heterocycles. The molecule has 1 heterocycles. The maximum atomic E-state index is 13.8. The largest absolute Gasteiger partial charge is 0.493 e. The summed E-state index contributed by atoms with van der Waals surface area (Å²) in [7, 11) is 4.57. The quantitative estimate of drug-likeness (QED) is 0.417. The van der Waals surface area contributed by atoms with Crippen molar-refractivity contribution in [2.75, 3.05) is 39.9 Å². The molecule has 0 fully saturated rings. The van der Waals surface area contributed by atoms with Gasteiger partial charge in [-0.25, -0.2) is 14.4 Å². The molecular weight excluding hydrogens is 458 g/mol. The molecule has 34 heavy (non-hydrogen) atoms. The molecular formula is C23H25F4N3O4. The molecule has 0 aliphatic rings. The summed E-state index contributed by atoms with van der Waals surface area (Å²) < 4.78 is 74.7. The van der Waals surface area contributed by atoms with Gasteiger partial charge in [0, 0.05) is 32.2 Å². The first-order valence-electron chi connectivity index (χ1n) is 10.3. The van der Waals surface area contributed by atoms with Crippen LogP contribution < -0.4 is 14.8 Å². The van der Waals surface area contributed by atoms with Gasteiger partial charge in [-0.1, -0.05) is 0 Å². The van der Waals surface area contributed by atoms with Crippen molar-refractivity contribution in [3.05, 3.63) is 53.1 Å². The van der Waals surface area contributed by atoms with Crippen molar-refractivity contribution in [3.8, 4) is 11.5 Å². The molecule has 3 rings (SSSR count). The van der Waals surface area contributed by atoms with E-state index < -0.39 is 23.7 Å². The molecule has 0 unspecified atom stereocenters. The van der Waals surface area contributed by atoms with Crippen LogP contribution in [0.5, 0.6) is 11.5 Å². The first-order chi connectivity index (χ1) is 16.1. The zero-order valence-electron chi connectivity index (χ0n) is 19.1. The molecule has 0 radical (unpaired) electrons. The lowest BCUT2D eigenvalue weighted by Crippen LogP contribution is -2.27.